The fourth-order valence-corrected chi connectivity index (χ4v) is 1.73. The van der Waals surface area contributed by atoms with Gasteiger partial charge in [-0.25, -0.2) is 4.98 Å². The Hall–Kier alpha value is -1.55. The first-order valence-corrected chi connectivity index (χ1v) is 5.71. The number of benzene rings is 1. The van der Waals surface area contributed by atoms with E-state index in [2.05, 4.69) is 9.97 Å². The van der Waals surface area contributed by atoms with Gasteiger partial charge in [-0.2, -0.15) is 0 Å². The number of aromatic amines is 1. The van der Waals surface area contributed by atoms with Crippen molar-refractivity contribution in [2.75, 3.05) is 6.26 Å². The highest BCUT2D eigenvalue weighted by molar-refractivity contribution is 7.98. The fraction of sp³-hybridized carbons (Fsp3) is 0.0909. The van der Waals surface area contributed by atoms with Gasteiger partial charge < -0.3 is 4.98 Å². The molecule has 1 aromatic heterocycles. The first-order chi connectivity index (χ1) is 7.31. The molecule has 0 fully saturated rings. The molecule has 2 aromatic rings. The minimum atomic E-state index is -0.109. The topological polar surface area (TPSA) is 45.8 Å². The van der Waals surface area contributed by atoms with Gasteiger partial charge in [0, 0.05) is 11.1 Å². The maximum atomic E-state index is 11.5. The molecule has 4 heteroatoms. The molecule has 0 aliphatic rings. The number of nitrogens with one attached hydrogen (secondary N) is 1. The Balaban J connectivity index is 2.46. The van der Waals surface area contributed by atoms with E-state index < -0.39 is 0 Å². The number of nitrogens with zero attached hydrogens (tertiary/aromatic N) is 1. The predicted octanol–water partition coefficient (Wildman–Crippen LogP) is 2.16. The first kappa shape index (κ1) is 9.98. The minimum absolute atomic E-state index is 0.109. The van der Waals surface area contributed by atoms with E-state index in [1.54, 1.807) is 18.0 Å². The van der Waals surface area contributed by atoms with Crippen LogP contribution in [0, 0.1) is 0 Å². The van der Waals surface area contributed by atoms with Gasteiger partial charge in [-0.15, -0.1) is 11.8 Å². The zero-order chi connectivity index (χ0) is 10.7. The van der Waals surface area contributed by atoms with Gasteiger partial charge in [0.2, 0.25) is 0 Å². The third-order valence-electron chi connectivity index (χ3n) is 2.12. The quantitative estimate of drug-likeness (QED) is 0.786. The smallest absolute Gasteiger partial charge is 0.258 e. The molecule has 0 radical (unpaired) electrons. The van der Waals surface area contributed by atoms with Crippen molar-refractivity contribution < 1.29 is 0 Å². The third-order valence-corrected chi connectivity index (χ3v) is 2.86. The maximum Gasteiger partial charge on any atom is 0.258 e. The van der Waals surface area contributed by atoms with Crippen LogP contribution < -0.4 is 5.56 Å². The van der Waals surface area contributed by atoms with Crippen molar-refractivity contribution in [3.8, 4) is 11.1 Å². The standard InChI is InChI=1S/C11H10N2OS/c1-15-9-4-2-8(3-5-9)10-6-12-7-13-11(10)14/h2-7H,1H3,(H,12,13,14). The number of H-pyrrole nitrogens is 1. The van der Waals surface area contributed by atoms with Gasteiger partial charge in [0.15, 0.2) is 0 Å². The van der Waals surface area contributed by atoms with Gasteiger partial charge in [0.1, 0.15) is 0 Å². The monoisotopic (exact) mass is 218 g/mol. The summed E-state index contributed by atoms with van der Waals surface area (Å²) in [5, 5.41) is 0. The van der Waals surface area contributed by atoms with Crippen LogP contribution in [-0.4, -0.2) is 16.2 Å². The Morgan fingerprint density at radius 1 is 1.27 bits per heavy atom. The second-order valence-corrected chi connectivity index (χ2v) is 3.90. The Morgan fingerprint density at radius 2 is 2.00 bits per heavy atom. The van der Waals surface area contributed by atoms with E-state index in [4.69, 9.17) is 0 Å². The van der Waals surface area contributed by atoms with E-state index in [1.165, 1.54) is 11.2 Å². The lowest BCUT2D eigenvalue weighted by Crippen LogP contribution is -2.08. The van der Waals surface area contributed by atoms with E-state index in [1.807, 2.05) is 30.5 Å². The molecule has 0 aliphatic carbocycles. The molecule has 76 valence electrons. The maximum absolute atomic E-state index is 11.5. The lowest BCUT2D eigenvalue weighted by molar-refractivity contribution is 1.12. The summed E-state index contributed by atoms with van der Waals surface area (Å²) in [5.74, 6) is 0. The molecule has 0 amide bonds. The van der Waals surface area contributed by atoms with Crippen molar-refractivity contribution in [2.24, 2.45) is 0 Å². The largest absolute Gasteiger partial charge is 0.313 e. The lowest BCUT2D eigenvalue weighted by Gasteiger charge is -2.00. The van der Waals surface area contributed by atoms with Crippen molar-refractivity contribution in [3.63, 3.8) is 0 Å². The molecule has 0 atom stereocenters. The summed E-state index contributed by atoms with van der Waals surface area (Å²) in [4.78, 5) is 19.1. The molecule has 0 saturated heterocycles. The Kier molecular flexibility index (Phi) is 2.87. The van der Waals surface area contributed by atoms with Crippen LogP contribution in [0.3, 0.4) is 0 Å². The molecule has 2 rings (SSSR count). The van der Waals surface area contributed by atoms with Gasteiger partial charge in [-0.3, -0.25) is 4.79 Å². The van der Waals surface area contributed by atoms with Crippen molar-refractivity contribution in [1.29, 1.82) is 0 Å². The Bertz CT molecular complexity index is 504. The number of thioether (sulfide) groups is 1. The number of rotatable bonds is 2. The number of hydrogen-bond donors (Lipinski definition) is 1. The molecule has 0 saturated carbocycles. The van der Waals surface area contributed by atoms with Crippen LogP contribution in [-0.2, 0) is 0 Å². The predicted molar refractivity (Wildman–Crippen MR) is 62.1 cm³/mol. The highest BCUT2D eigenvalue weighted by Crippen LogP contribution is 2.19. The van der Waals surface area contributed by atoms with Gasteiger partial charge in [0.25, 0.3) is 5.56 Å². The molecule has 0 aliphatic heterocycles. The molecule has 0 spiro atoms. The van der Waals surface area contributed by atoms with Crippen LogP contribution in [0.5, 0.6) is 0 Å². The summed E-state index contributed by atoms with van der Waals surface area (Å²) in [5.41, 5.74) is 1.38. The summed E-state index contributed by atoms with van der Waals surface area (Å²) in [6, 6.07) is 7.84. The average molecular weight is 218 g/mol. The fourth-order valence-electron chi connectivity index (χ4n) is 1.32. The Labute approximate surface area is 91.6 Å². The Morgan fingerprint density at radius 3 is 2.60 bits per heavy atom. The molecule has 1 aromatic carbocycles. The van der Waals surface area contributed by atoms with Crippen LogP contribution in [0.15, 0.2) is 46.5 Å². The highest BCUT2D eigenvalue weighted by atomic mass is 32.2. The zero-order valence-corrected chi connectivity index (χ0v) is 9.04. The van der Waals surface area contributed by atoms with E-state index in [-0.39, 0.29) is 5.56 Å². The van der Waals surface area contributed by atoms with Gasteiger partial charge in [-0.1, -0.05) is 12.1 Å². The van der Waals surface area contributed by atoms with Gasteiger partial charge >= 0.3 is 0 Å². The average Bonchev–Trinajstić information content (AvgIpc) is 2.30. The summed E-state index contributed by atoms with van der Waals surface area (Å²) < 4.78 is 0. The third kappa shape index (κ3) is 2.10. The molecular formula is C11H10N2OS. The lowest BCUT2D eigenvalue weighted by atomic mass is 10.1. The second kappa shape index (κ2) is 4.31. The van der Waals surface area contributed by atoms with Crippen molar-refractivity contribution in [3.05, 3.63) is 47.1 Å². The van der Waals surface area contributed by atoms with Crippen LogP contribution in [0.25, 0.3) is 11.1 Å². The zero-order valence-electron chi connectivity index (χ0n) is 8.23. The molecule has 1 heterocycles. The van der Waals surface area contributed by atoms with E-state index in [9.17, 15) is 4.79 Å². The molecular weight excluding hydrogens is 208 g/mol. The normalized spacial score (nSPS) is 10.2. The summed E-state index contributed by atoms with van der Waals surface area (Å²) >= 11 is 1.68. The van der Waals surface area contributed by atoms with Crippen LogP contribution in [0.4, 0.5) is 0 Å². The second-order valence-electron chi connectivity index (χ2n) is 3.02. The van der Waals surface area contributed by atoms with E-state index >= 15 is 0 Å². The van der Waals surface area contributed by atoms with Gasteiger partial charge in [-0.05, 0) is 24.0 Å². The first-order valence-electron chi connectivity index (χ1n) is 4.48. The van der Waals surface area contributed by atoms with Crippen molar-refractivity contribution >= 4 is 11.8 Å². The van der Waals surface area contributed by atoms with Crippen LogP contribution in [0.1, 0.15) is 0 Å². The summed E-state index contributed by atoms with van der Waals surface area (Å²) in [6.45, 7) is 0. The summed E-state index contributed by atoms with van der Waals surface area (Å²) in [6.07, 6.45) is 4.99. The highest BCUT2D eigenvalue weighted by Gasteiger charge is 2.01. The number of aromatic nitrogens is 2. The van der Waals surface area contributed by atoms with Crippen molar-refractivity contribution in [1.82, 2.24) is 9.97 Å². The summed E-state index contributed by atoms with van der Waals surface area (Å²) in [7, 11) is 0. The van der Waals surface area contributed by atoms with E-state index in [0.717, 1.165) is 5.56 Å². The van der Waals surface area contributed by atoms with E-state index in [0.29, 0.717) is 5.56 Å². The van der Waals surface area contributed by atoms with Gasteiger partial charge in [0.05, 0.1) is 11.9 Å². The molecule has 0 unspecified atom stereocenters. The number of hydrogen-bond acceptors (Lipinski definition) is 3. The SMILES string of the molecule is CSc1ccc(-c2cnc[nH]c2=O)cc1. The van der Waals surface area contributed by atoms with Crippen molar-refractivity contribution in [2.45, 2.75) is 4.90 Å². The molecule has 15 heavy (non-hydrogen) atoms. The molecule has 0 bridgehead atoms. The van der Waals surface area contributed by atoms with Crippen LogP contribution in [0.2, 0.25) is 0 Å². The minimum Gasteiger partial charge on any atom is -0.313 e. The molecule has 3 nitrogen and oxygen atoms in total. The van der Waals surface area contributed by atoms with Crippen LogP contribution >= 0.6 is 11.8 Å². The molecule has 1 N–H and O–H groups in total.